The average Bonchev–Trinajstić information content (AvgIpc) is 2.70. The van der Waals surface area contributed by atoms with Gasteiger partial charge in [-0.15, -0.1) is 0 Å². The quantitative estimate of drug-likeness (QED) is 0.685. The summed E-state index contributed by atoms with van der Waals surface area (Å²) >= 11 is 0. The van der Waals surface area contributed by atoms with E-state index in [1.165, 1.54) is 26.4 Å². The van der Waals surface area contributed by atoms with E-state index in [1.807, 2.05) is 0 Å². The highest BCUT2D eigenvalue weighted by atomic mass is 32.2. The summed E-state index contributed by atoms with van der Waals surface area (Å²) in [7, 11) is -0.899. The predicted molar refractivity (Wildman–Crippen MR) is 102 cm³/mol. The van der Waals surface area contributed by atoms with E-state index in [9.17, 15) is 17.6 Å². The number of hydrogen-bond donors (Lipinski definition) is 1. The molecule has 0 spiro atoms. The van der Waals surface area contributed by atoms with Crippen LogP contribution in [-0.4, -0.2) is 45.9 Å². The van der Waals surface area contributed by atoms with Crippen molar-refractivity contribution < 1.29 is 27.1 Å². The lowest BCUT2D eigenvalue weighted by Gasteiger charge is -2.20. The molecule has 0 bridgehead atoms. The maximum Gasteiger partial charge on any atom is 0.243 e. The first-order valence-electron chi connectivity index (χ1n) is 8.55. The van der Waals surface area contributed by atoms with Crippen molar-refractivity contribution in [2.45, 2.75) is 18.4 Å². The van der Waals surface area contributed by atoms with Gasteiger partial charge in [0, 0.05) is 6.54 Å². The van der Waals surface area contributed by atoms with Crippen LogP contribution in [0, 0.1) is 5.82 Å². The van der Waals surface area contributed by atoms with Gasteiger partial charge < -0.3 is 14.8 Å². The molecule has 0 aliphatic carbocycles. The van der Waals surface area contributed by atoms with Crippen LogP contribution < -0.4 is 14.8 Å². The number of sulfonamides is 1. The van der Waals surface area contributed by atoms with Crippen LogP contribution in [0.1, 0.15) is 12.5 Å². The number of halogens is 1. The third-order valence-corrected chi connectivity index (χ3v) is 6.05. The van der Waals surface area contributed by atoms with Crippen LogP contribution in [0.2, 0.25) is 0 Å². The summed E-state index contributed by atoms with van der Waals surface area (Å²) < 4.78 is 50.0. The summed E-state index contributed by atoms with van der Waals surface area (Å²) in [5, 5.41) is 2.68. The van der Waals surface area contributed by atoms with Gasteiger partial charge in [0.2, 0.25) is 15.9 Å². The van der Waals surface area contributed by atoms with Crippen LogP contribution in [-0.2, 0) is 21.4 Å². The molecule has 7 nitrogen and oxygen atoms in total. The molecule has 2 aromatic carbocycles. The minimum absolute atomic E-state index is 0.0741. The largest absolute Gasteiger partial charge is 0.496 e. The van der Waals surface area contributed by atoms with Gasteiger partial charge in [0.1, 0.15) is 17.3 Å². The lowest BCUT2D eigenvalue weighted by atomic mass is 10.1. The second-order valence-electron chi connectivity index (χ2n) is 5.80. The fourth-order valence-corrected chi connectivity index (χ4v) is 4.03. The maximum absolute atomic E-state index is 13.1. The summed E-state index contributed by atoms with van der Waals surface area (Å²) in [5.74, 6) is 0.0721. The summed E-state index contributed by atoms with van der Waals surface area (Å²) in [5.41, 5.74) is 0.644. The number of likely N-dealkylation sites (N-methyl/N-ethyl adjacent to an activating group) is 1. The first-order valence-corrected chi connectivity index (χ1v) is 9.99. The van der Waals surface area contributed by atoms with Gasteiger partial charge in [-0.2, -0.15) is 4.31 Å². The lowest BCUT2D eigenvalue weighted by Crippen LogP contribution is -2.40. The number of carbonyl (C=O) groups excluding carboxylic acids is 1. The number of nitrogens with zero attached hydrogens (tertiary/aromatic N) is 1. The van der Waals surface area contributed by atoms with Gasteiger partial charge in [0.05, 0.1) is 37.8 Å². The Hall–Kier alpha value is -2.65. The molecule has 1 N–H and O–H groups in total. The number of benzene rings is 2. The zero-order valence-corrected chi connectivity index (χ0v) is 16.8. The minimum atomic E-state index is -3.92. The minimum Gasteiger partial charge on any atom is -0.496 e. The van der Waals surface area contributed by atoms with Gasteiger partial charge in [-0.05, 0) is 36.4 Å². The van der Waals surface area contributed by atoms with E-state index in [0.29, 0.717) is 17.1 Å². The highest BCUT2D eigenvalue weighted by Gasteiger charge is 2.25. The molecule has 1 amide bonds. The van der Waals surface area contributed by atoms with Crippen molar-refractivity contribution in [2.24, 2.45) is 0 Å². The summed E-state index contributed by atoms with van der Waals surface area (Å²) in [6.07, 6.45) is 0. The van der Waals surface area contributed by atoms with Gasteiger partial charge in [-0.3, -0.25) is 4.79 Å². The van der Waals surface area contributed by atoms with E-state index >= 15 is 0 Å². The summed E-state index contributed by atoms with van der Waals surface area (Å²) in [6, 6.07) is 9.71. The van der Waals surface area contributed by atoms with Crippen molar-refractivity contribution in [3.05, 3.63) is 53.8 Å². The van der Waals surface area contributed by atoms with Gasteiger partial charge in [-0.25, -0.2) is 12.8 Å². The first-order chi connectivity index (χ1) is 13.3. The zero-order chi connectivity index (χ0) is 20.7. The molecule has 0 aliphatic heterocycles. The molecule has 0 aliphatic rings. The van der Waals surface area contributed by atoms with Crippen molar-refractivity contribution in [1.82, 2.24) is 9.62 Å². The van der Waals surface area contributed by atoms with E-state index in [0.717, 1.165) is 16.4 Å². The number of ether oxygens (including phenoxy) is 2. The van der Waals surface area contributed by atoms with Crippen LogP contribution in [0.15, 0.2) is 47.4 Å². The fourth-order valence-electron chi connectivity index (χ4n) is 2.63. The highest BCUT2D eigenvalue weighted by Crippen LogP contribution is 2.27. The second kappa shape index (κ2) is 9.52. The van der Waals surface area contributed by atoms with Crippen molar-refractivity contribution in [3.63, 3.8) is 0 Å². The van der Waals surface area contributed by atoms with E-state index < -0.39 is 21.7 Å². The van der Waals surface area contributed by atoms with E-state index in [2.05, 4.69) is 5.32 Å². The molecule has 9 heteroatoms. The molecular weight excluding hydrogens is 387 g/mol. The Balaban J connectivity index is 2.10. The fraction of sp³-hybridized carbons (Fsp3) is 0.316. The Labute approximate surface area is 164 Å². The first kappa shape index (κ1) is 21.6. The summed E-state index contributed by atoms with van der Waals surface area (Å²) in [6.45, 7) is 1.45. The molecule has 2 rings (SSSR count). The molecule has 0 saturated carbocycles. The third-order valence-electron chi connectivity index (χ3n) is 4.12. The van der Waals surface area contributed by atoms with Crippen molar-refractivity contribution >= 4 is 15.9 Å². The lowest BCUT2D eigenvalue weighted by molar-refractivity contribution is -0.121. The zero-order valence-electron chi connectivity index (χ0n) is 15.9. The smallest absolute Gasteiger partial charge is 0.243 e. The molecule has 152 valence electrons. The standard InChI is InChI=1S/C19H23FN2O5S/c1-4-22(28(24,25)15-10-8-14(20)9-11-15)13-19(23)21-12-16-17(26-2)6-5-7-18(16)27-3/h5-11H,4,12-13H2,1-3H3,(H,21,23). The molecule has 28 heavy (non-hydrogen) atoms. The second-order valence-corrected chi connectivity index (χ2v) is 7.74. The molecule has 0 atom stereocenters. The predicted octanol–water partition coefficient (Wildman–Crippen LogP) is 2.17. The average molecular weight is 410 g/mol. The highest BCUT2D eigenvalue weighted by molar-refractivity contribution is 7.89. The van der Waals surface area contributed by atoms with Gasteiger partial charge in [-0.1, -0.05) is 13.0 Å². The Kier molecular flexibility index (Phi) is 7.36. The maximum atomic E-state index is 13.1. The van der Waals surface area contributed by atoms with Gasteiger partial charge in [0.25, 0.3) is 0 Å². The molecule has 0 heterocycles. The Bertz CT molecular complexity index is 894. The Morgan fingerprint density at radius 1 is 1.07 bits per heavy atom. The topological polar surface area (TPSA) is 84.9 Å². The van der Waals surface area contributed by atoms with Crippen LogP contribution in [0.3, 0.4) is 0 Å². The van der Waals surface area contributed by atoms with E-state index in [1.54, 1.807) is 25.1 Å². The molecule has 0 radical (unpaired) electrons. The van der Waals surface area contributed by atoms with Gasteiger partial charge >= 0.3 is 0 Å². The Morgan fingerprint density at radius 3 is 2.14 bits per heavy atom. The van der Waals surface area contributed by atoms with Crippen molar-refractivity contribution in [1.29, 1.82) is 0 Å². The number of rotatable bonds is 9. The van der Waals surface area contributed by atoms with Crippen LogP contribution in [0.5, 0.6) is 11.5 Å². The number of nitrogens with one attached hydrogen (secondary N) is 1. The molecular formula is C19H23FN2O5S. The Morgan fingerprint density at radius 2 is 1.64 bits per heavy atom. The van der Waals surface area contributed by atoms with Crippen molar-refractivity contribution in [2.75, 3.05) is 27.3 Å². The number of amides is 1. The van der Waals surface area contributed by atoms with Crippen LogP contribution in [0.25, 0.3) is 0 Å². The summed E-state index contributed by atoms with van der Waals surface area (Å²) in [4.78, 5) is 12.3. The van der Waals surface area contributed by atoms with Crippen molar-refractivity contribution in [3.8, 4) is 11.5 Å². The van der Waals surface area contributed by atoms with Gasteiger partial charge in [0.15, 0.2) is 0 Å². The molecule has 0 aromatic heterocycles. The number of carbonyl (C=O) groups is 1. The normalized spacial score (nSPS) is 11.3. The SMILES string of the molecule is CCN(CC(=O)NCc1c(OC)cccc1OC)S(=O)(=O)c1ccc(F)cc1. The molecule has 0 unspecified atom stereocenters. The number of methoxy groups -OCH3 is 2. The molecule has 2 aromatic rings. The molecule has 0 fully saturated rings. The van der Waals surface area contributed by atoms with Crippen LogP contribution >= 0.6 is 0 Å². The molecule has 0 saturated heterocycles. The van der Waals surface area contributed by atoms with E-state index in [4.69, 9.17) is 9.47 Å². The van der Waals surface area contributed by atoms with E-state index in [-0.39, 0.29) is 24.5 Å². The number of hydrogen-bond acceptors (Lipinski definition) is 5. The van der Waals surface area contributed by atoms with Crippen LogP contribution in [0.4, 0.5) is 4.39 Å². The third kappa shape index (κ3) is 4.99. The monoisotopic (exact) mass is 410 g/mol.